The van der Waals surface area contributed by atoms with Gasteiger partial charge in [-0.2, -0.15) is 0 Å². The highest BCUT2D eigenvalue weighted by Gasteiger charge is 2.32. The maximum absolute atomic E-state index is 11.2. The normalized spacial score (nSPS) is 15.0. The van der Waals surface area contributed by atoms with E-state index in [-0.39, 0.29) is 5.25 Å². The van der Waals surface area contributed by atoms with Gasteiger partial charge in [-0.05, 0) is 41.5 Å². The van der Waals surface area contributed by atoms with Gasteiger partial charge in [-0.1, -0.05) is 60.7 Å². The highest BCUT2D eigenvalue weighted by Crippen LogP contribution is 2.38. The maximum Gasteiger partial charge on any atom is 0.102 e. The van der Waals surface area contributed by atoms with Crippen LogP contribution in [-0.4, -0.2) is 10.4 Å². The second kappa shape index (κ2) is 6.61. The van der Waals surface area contributed by atoms with Gasteiger partial charge in [0, 0.05) is 4.90 Å². The van der Waals surface area contributed by atoms with Gasteiger partial charge in [-0.3, -0.25) is 0 Å². The summed E-state index contributed by atoms with van der Waals surface area (Å²) >= 11 is 1.63. The van der Waals surface area contributed by atoms with E-state index in [0.29, 0.717) is 0 Å². The van der Waals surface area contributed by atoms with Crippen LogP contribution in [0.1, 0.15) is 12.5 Å². The summed E-state index contributed by atoms with van der Waals surface area (Å²) in [4.78, 5) is 1.12. The first kappa shape index (κ1) is 15.9. The lowest BCUT2D eigenvalue weighted by atomic mass is 9.90. The van der Waals surface area contributed by atoms with Gasteiger partial charge in [0.25, 0.3) is 0 Å². The topological polar surface area (TPSA) is 20.2 Å². The summed E-state index contributed by atoms with van der Waals surface area (Å²) in [5.74, 6) is 0. The van der Waals surface area contributed by atoms with Gasteiger partial charge in [0.1, 0.15) is 5.60 Å². The predicted molar refractivity (Wildman–Crippen MR) is 99.8 cm³/mol. The molecule has 0 aliphatic rings. The molecule has 0 aliphatic carbocycles. The van der Waals surface area contributed by atoms with Gasteiger partial charge in [-0.25, -0.2) is 0 Å². The molecule has 0 heterocycles. The molecule has 0 fully saturated rings. The number of hydrogen-bond donors (Lipinski definition) is 1. The highest BCUT2D eigenvalue weighted by atomic mass is 32.2. The zero-order valence-electron chi connectivity index (χ0n) is 13.1. The van der Waals surface area contributed by atoms with E-state index in [1.54, 1.807) is 11.8 Å². The average molecular weight is 320 g/mol. The Bertz CT molecular complexity index is 808. The molecular weight excluding hydrogens is 300 g/mol. The fourth-order valence-electron chi connectivity index (χ4n) is 2.71. The molecule has 0 unspecified atom stereocenters. The van der Waals surface area contributed by atoms with Gasteiger partial charge in [0.2, 0.25) is 0 Å². The summed E-state index contributed by atoms with van der Waals surface area (Å²) in [5.41, 5.74) is -0.0868. The molecule has 0 aromatic heterocycles. The number of benzene rings is 3. The lowest BCUT2D eigenvalue weighted by Crippen LogP contribution is -2.32. The fraction of sp³-hybridized carbons (Fsp3) is 0.143. The molecule has 0 saturated carbocycles. The van der Waals surface area contributed by atoms with E-state index >= 15 is 0 Å². The molecule has 3 aromatic carbocycles. The van der Waals surface area contributed by atoms with Crippen molar-refractivity contribution in [3.63, 3.8) is 0 Å². The van der Waals surface area contributed by atoms with E-state index in [9.17, 15) is 5.11 Å². The minimum atomic E-state index is -0.994. The largest absolute Gasteiger partial charge is 0.384 e. The number of aliphatic hydroxyl groups is 1. The molecule has 0 radical (unpaired) electrons. The van der Waals surface area contributed by atoms with Crippen molar-refractivity contribution < 1.29 is 5.11 Å². The summed E-state index contributed by atoms with van der Waals surface area (Å²) in [6, 6.07) is 24.4. The van der Waals surface area contributed by atoms with Gasteiger partial charge in [-0.15, -0.1) is 18.3 Å². The zero-order valence-corrected chi connectivity index (χ0v) is 14.0. The second-order valence-electron chi connectivity index (χ2n) is 5.80. The lowest BCUT2D eigenvalue weighted by Gasteiger charge is -2.31. The maximum atomic E-state index is 11.2. The minimum Gasteiger partial charge on any atom is -0.384 e. The first-order valence-corrected chi connectivity index (χ1v) is 8.55. The number of rotatable bonds is 5. The van der Waals surface area contributed by atoms with E-state index in [1.807, 2.05) is 49.4 Å². The van der Waals surface area contributed by atoms with Crippen LogP contribution in [0.5, 0.6) is 0 Å². The Kier molecular flexibility index (Phi) is 4.56. The summed E-state index contributed by atoms with van der Waals surface area (Å²) in [5, 5.41) is 13.4. The van der Waals surface area contributed by atoms with Crippen molar-refractivity contribution in [2.45, 2.75) is 22.7 Å². The van der Waals surface area contributed by atoms with Gasteiger partial charge in [0.05, 0.1) is 5.25 Å². The molecule has 2 heteroatoms. The lowest BCUT2D eigenvalue weighted by molar-refractivity contribution is 0.0663. The van der Waals surface area contributed by atoms with E-state index in [4.69, 9.17) is 0 Å². The Morgan fingerprint density at radius 2 is 1.61 bits per heavy atom. The Morgan fingerprint density at radius 3 is 2.30 bits per heavy atom. The molecule has 3 rings (SSSR count). The van der Waals surface area contributed by atoms with Crippen LogP contribution in [0.3, 0.4) is 0 Å². The van der Waals surface area contributed by atoms with E-state index < -0.39 is 5.60 Å². The van der Waals surface area contributed by atoms with Crippen LogP contribution in [0, 0.1) is 0 Å². The zero-order chi connectivity index (χ0) is 16.3. The minimum absolute atomic E-state index is 0.133. The molecular formula is C21H20OS. The third-order valence-electron chi connectivity index (χ3n) is 4.11. The number of fused-ring (bicyclic) bond motifs is 1. The van der Waals surface area contributed by atoms with Crippen molar-refractivity contribution in [3.8, 4) is 0 Å². The van der Waals surface area contributed by atoms with Gasteiger partial charge < -0.3 is 5.11 Å². The smallest absolute Gasteiger partial charge is 0.102 e. The van der Waals surface area contributed by atoms with Crippen molar-refractivity contribution in [2.24, 2.45) is 0 Å². The van der Waals surface area contributed by atoms with Crippen molar-refractivity contribution in [1.82, 2.24) is 0 Å². The van der Waals surface area contributed by atoms with Crippen LogP contribution in [0.2, 0.25) is 0 Å². The average Bonchev–Trinajstić information content (AvgIpc) is 2.60. The molecule has 0 saturated heterocycles. The molecule has 2 atom stereocenters. The molecule has 23 heavy (non-hydrogen) atoms. The molecule has 0 aliphatic heterocycles. The molecule has 3 aromatic rings. The third kappa shape index (κ3) is 3.34. The third-order valence-corrected chi connectivity index (χ3v) is 5.56. The summed E-state index contributed by atoms with van der Waals surface area (Å²) in [6.45, 7) is 5.79. The SMILES string of the molecule is C=C[C@H](Sc1ccccc1)[C@](C)(O)c1ccc2ccccc2c1. The Hall–Kier alpha value is -2.03. The van der Waals surface area contributed by atoms with Crippen molar-refractivity contribution >= 4 is 22.5 Å². The second-order valence-corrected chi connectivity index (χ2v) is 7.01. The molecule has 0 spiro atoms. The van der Waals surface area contributed by atoms with Crippen LogP contribution < -0.4 is 0 Å². The quantitative estimate of drug-likeness (QED) is 0.502. The number of thioether (sulfide) groups is 1. The molecule has 1 N–H and O–H groups in total. The molecule has 0 bridgehead atoms. The standard InChI is InChI=1S/C21H20OS/c1-3-20(23-19-11-5-4-6-12-19)21(2,22)18-14-13-16-9-7-8-10-17(16)15-18/h3-15,20,22H,1H2,2H3/t20-,21+/m0/s1. The van der Waals surface area contributed by atoms with Crippen LogP contribution >= 0.6 is 11.8 Å². The van der Waals surface area contributed by atoms with Crippen molar-refractivity contribution in [1.29, 1.82) is 0 Å². The fourth-order valence-corrected chi connectivity index (χ4v) is 3.78. The Morgan fingerprint density at radius 1 is 0.957 bits per heavy atom. The summed E-state index contributed by atoms with van der Waals surface area (Å²) in [6.07, 6.45) is 1.83. The van der Waals surface area contributed by atoms with Crippen LogP contribution in [0.15, 0.2) is 90.3 Å². The van der Waals surface area contributed by atoms with Gasteiger partial charge in [0.15, 0.2) is 0 Å². The van der Waals surface area contributed by atoms with Crippen LogP contribution in [0.4, 0.5) is 0 Å². The van der Waals surface area contributed by atoms with Crippen LogP contribution in [0.25, 0.3) is 10.8 Å². The van der Waals surface area contributed by atoms with E-state index in [2.05, 4.69) is 43.0 Å². The highest BCUT2D eigenvalue weighted by molar-refractivity contribution is 8.00. The van der Waals surface area contributed by atoms with Gasteiger partial charge >= 0.3 is 0 Å². The van der Waals surface area contributed by atoms with E-state index in [1.165, 1.54) is 5.39 Å². The number of hydrogen-bond acceptors (Lipinski definition) is 2. The molecule has 0 amide bonds. The molecule has 1 nitrogen and oxygen atoms in total. The van der Waals surface area contributed by atoms with Crippen LogP contribution in [-0.2, 0) is 5.60 Å². The van der Waals surface area contributed by atoms with Crippen molar-refractivity contribution in [2.75, 3.05) is 0 Å². The van der Waals surface area contributed by atoms with E-state index in [0.717, 1.165) is 15.8 Å². The molecule has 116 valence electrons. The monoisotopic (exact) mass is 320 g/mol. The first-order valence-electron chi connectivity index (χ1n) is 7.67. The Balaban J connectivity index is 1.94. The predicted octanol–water partition coefficient (Wildman–Crippen LogP) is 5.39. The summed E-state index contributed by atoms with van der Waals surface area (Å²) < 4.78 is 0. The van der Waals surface area contributed by atoms with Crippen molar-refractivity contribution in [3.05, 3.63) is 91.0 Å². The summed E-state index contributed by atoms with van der Waals surface area (Å²) in [7, 11) is 0. The Labute approximate surface area is 141 Å². The first-order chi connectivity index (χ1) is 11.1.